The molecular formula is C19H19BrClN5O3S. The lowest BCUT2D eigenvalue weighted by Crippen LogP contribution is -2.56. The van der Waals surface area contributed by atoms with Crippen LogP contribution in [0.3, 0.4) is 0 Å². The first-order valence-electron chi connectivity index (χ1n) is 9.36. The van der Waals surface area contributed by atoms with Crippen molar-refractivity contribution in [1.82, 2.24) is 24.2 Å². The van der Waals surface area contributed by atoms with E-state index in [0.717, 1.165) is 5.39 Å². The fourth-order valence-electron chi connectivity index (χ4n) is 3.57. The SMILES string of the molecule is CCC1CN(S(=O)(=O)c2cc3cc(Cl)ccc3[nH]2)CCN1C(=O)c1ncc(Br)cn1. The number of carbonyl (C=O) groups is 1. The second-order valence-corrected chi connectivity index (χ2v) is 10.3. The van der Waals surface area contributed by atoms with Gasteiger partial charge in [0.1, 0.15) is 5.03 Å². The van der Waals surface area contributed by atoms with E-state index in [2.05, 4.69) is 30.9 Å². The normalized spacial score (nSPS) is 18.1. The Bertz CT molecular complexity index is 1200. The number of nitrogens with zero attached hydrogens (tertiary/aromatic N) is 4. The van der Waals surface area contributed by atoms with Gasteiger partial charge in [-0.25, -0.2) is 18.4 Å². The molecule has 4 rings (SSSR count). The van der Waals surface area contributed by atoms with Gasteiger partial charge in [-0.05, 0) is 46.6 Å². The number of piperazine rings is 1. The van der Waals surface area contributed by atoms with Gasteiger partial charge >= 0.3 is 0 Å². The van der Waals surface area contributed by atoms with Gasteiger partial charge in [-0.1, -0.05) is 18.5 Å². The Morgan fingerprint density at radius 2 is 2.00 bits per heavy atom. The maximum absolute atomic E-state index is 13.2. The van der Waals surface area contributed by atoms with Gasteiger partial charge in [0.05, 0.1) is 4.47 Å². The molecule has 1 amide bonds. The summed E-state index contributed by atoms with van der Waals surface area (Å²) in [5, 5.41) is 1.39. The maximum Gasteiger partial charge on any atom is 0.291 e. The van der Waals surface area contributed by atoms with Crippen molar-refractivity contribution >= 4 is 54.4 Å². The first kappa shape index (κ1) is 21.2. The molecule has 0 aliphatic carbocycles. The van der Waals surface area contributed by atoms with Crippen LogP contribution in [0.15, 0.2) is 46.2 Å². The van der Waals surface area contributed by atoms with Crippen LogP contribution >= 0.6 is 27.5 Å². The number of H-pyrrole nitrogens is 1. The summed E-state index contributed by atoms with van der Waals surface area (Å²) >= 11 is 9.26. The zero-order valence-electron chi connectivity index (χ0n) is 16.0. The molecule has 0 radical (unpaired) electrons. The first-order chi connectivity index (χ1) is 14.3. The molecule has 158 valence electrons. The molecule has 3 aromatic rings. The molecule has 1 aliphatic rings. The van der Waals surface area contributed by atoms with Crippen LogP contribution in [0.1, 0.15) is 24.0 Å². The van der Waals surface area contributed by atoms with Crippen LogP contribution in [-0.2, 0) is 10.0 Å². The van der Waals surface area contributed by atoms with E-state index in [0.29, 0.717) is 21.4 Å². The summed E-state index contributed by atoms with van der Waals surface area (Å²) in [7, 11) is -3.74. The van der Waals surface area contributed by atoms with Gasteiger partial charge in [0.25, 0.3) is 15.9 Å². The van der Waals surface area contributed by atoms with Crippen molar-refractivity contribution in [2.75, 3.05) is 19.6 Å². The number of hydrogen-bond acceptors (Lipinski definition) is 5. The molecule has 11 heteroatoms. The lowest BCUT2D eigenvalue weighted by Gasteiger charge is -2.39. The third kappa shape index (κ3) is 3.96. The third-order valence-corrected chi connectivity index (χ3v) is 7.60. The van der Waals surface area contributed by atoms with Gasteiger partial charge in [0, 0.05) is 54.0 Å². The molecule has 1 unspecified atom stereocenters. The standard InChI is InChI=1S/C19H19BrClN5O3S/c1-2-15-11-25(5-6-26(15)19(27)18-22-9-13(20)10-23-18)30(28,29)17-8-12-7-14(21)3-4-16(12)24-17/h3-4,7-10,15,24H,2,5-6,11H2,1H3. The van der Waals surface area contributed by atoms with Crippen LogP contribution in [0.2, 0.25) is 5.02 Å². The summed E-state index contributed by atoms with van der Waals surface area (Å²) < 4.78 is 28.5. The van der Waals surface area contributed by atoms with E-state index in [1.54, 1.807) is 29.2 Å². The summed E-state index contributed by atoms with van der Waals surface area (Å²) in [4.78, 5) is 25.6. The molecular weight excluding hydrogens is 494 g/mol. The number of fused-ring (bicyclic) bond motifs is 1. The molecule has 0 saturated carbocycles. The van der Waals surface area contributed by atoms with Gasteiger partial charge in [-0.15, -0.1) is 0 Å². The van der Waals surface area contributed by atoms with E-state index >= 15 is 0 Å². The Balaban J connectivity index is 1.56. The Kier molecular flexibility index (Phi) is 5.84. The van der Waals surface area contributed by atoms with Crippen molar-refractivity contribution in [3.05, 3.63) is 52.0 Å². The number of nitrogens with one attached hydrogen (secondary N) is 1. The number of aromatic amines is 1. The maximum atomic E-state index is 13.2. The van der Waals surface area contributed by atoms with Crippen molar-refractivity contribution in [1.29, 1.82) is 0 Å². The largest absolute Gasteiger partial charge is 0.345 e. The zero-order chi connectivity index (χ0) is 21.5. The van der Waals surface area contributed by atoms with Crippen molar-refractivity contribution in [3.8, 4) is 0 Å². The summed E-state index contributed by atoms with van der Waals surface area (Å²) in [5.74, 6) is -0.202. The number of halogens is 2. The van der Waals surface area contributed by atoms with Crippen molar-refractivity contribution in [3.63, 3.8) is 0 Å². The fraction of sp³-hybridized carbons (Fsp3) is 0.316. The van der Waals surface area contributed by atoms with Crippen molar-refractivity contribution in [2.45, 2.75) is 24.4 Å². The molecule has 1 aromatic carbocycles. The van der Waals surface area contributed by atoms with Crippen LogP contribution < -0.4 is 0 Å². The molecule has 1 N–H and O–H groups in total. The van der Waals surface area contributed by atoms with Crippen LogP contribution in [-0.4, -0.2) is 64.2 Å². The molecule has 0 bridgehead atoms. The van der Waals surface area contributed by atoms with Gasteiger partial charge in [-0.3, -0.25) is 4.79 Å². The third-order valence-electron chi connectivity index (χ3n) is 5.17. The first-order valence-corrected chi connectivity index (χ1v) is 12.0. The number of hydrogen-bond donors (Lipinski definition) is 1. The van der Waals surface area contributed by atoms with Crippen LogP contribution in [0.4, 0.5) is 0 Å². The highest BCUT2D eigenvalue weighted by Gasteiger charge is 2.37. The van der Waals surface area contributed by atoms with E-state index in [-0.39, 0.29) is 42.4 Å². The van der Waals surface area contributed by atoms with Crippen LogP contribution in [0, 0.1) is 0 Å². The molecule has 30 heavy (non-hydrogen) atoms. The van der Waals surface area contributed by atoms with Gasteiger partial charge < -0.3 is 9.88 Å². The molecule has 1 atom stereocenters. The van der Waals surface area contributed by atoms with E-state index in [4.69, 9.17) is 11.6 Å². The minimum absolute atomic E-state index is 0.0976. The summed E-state index contributed by atoms with van der Waals surface area (Å²) in [5.41, 5.74) is 0.700. The van der Waals surface area contributed by atoms with Gasteiger partial charge in [0.15, 0.2) is 0 Å². The molecule has 2 aromatic heterocycles. The van der Waals surface area contributed by atoms with E-state index in [9.17, 15) is 13.2 Å². The Morgan fingerprint density at radius 1 is 1.27 bits per heavy atom. The minimum Gasteiger partial charge on any atom is -0.345 e. The highest BCUT2D eigenvalue weighted by Crippen LogP contribution is 2.26. The topological polar surface area (TPSA) is 99.3 Å². The van der Waals surface area contributed by atoms with E-state index < -0.39 is 10.0 Å². The zero-order valence-corrected chi connectivity index (χ0v) is 19.2. The smallest absolute Gasteiger partial charge is 0.291 e. The van der Waals surface area contributed by atoms with Gasteiger partial charge in [0.2, 0.25) is 5.82 Å². The monoisotopic (exact) mass is 511 g/mol. The molecule has 0 spiro atoms. The quantitative estimate of drug-likeness (QED) is 0.578. The van der Waals surface area contributed by atoms with Crippen LogP contribution in [0.5, 0.6) is 0 Å². The number of sulfonamides is 1. The van der Waals surface area contributed by atoms with E-state index in [1.165, 1.54) is 16.7 Å². The molecule has 8 nitrogen and oxygen atoms in total. The number of rotatable bonds is 4. The second-order valence-electron chi connectivity index (χ2n) is 7.01. The van der Waals surface area contributed by atoms with Crippen molar-refractivity contribution < 1.29 is 13.2 Å². The minimum atomic E-state index is -3.74. The number of amides is 1. The number of carbonyl (C=O) groups excluding carboxylic acids is 1. The summed E-state index contributed by atoms with van der Waals surface area (Å²) in [6, 6.07) is 6.49. The van der Waals surface area contributed by atoms with Crippen molar-refractivity contribution in [2.24, 2.45) is 0 Å². The van der Waals surface area contributed by atoms with E-state index in [1.807, 2.05) is 6.92 Å². The molecule has 1 saturated heterocycles. The predicted octanol–water partition coefficient (Wildman–Crippen LogP) is 3.30. The number of aromatic nitrogens is 3. The predicted molar refractivity (Wildman–Crippen MR) is 117 cm³/mol. The molecule has 3 heterocycles. The molecule has 1 aliphatic heterocycles. The highest BCUT2D eigenvalue weighted by atomic mass is 79.9. The lowest BCUT2D eigenvalue weighted by atomic mass is 10.1. The summed E-state index contributed by atoms with van der Waals surface area (Å²) in [6.07, 6.45) is 3.64. The number of benzene rings is 1. The Morgan fingerprint density at radius 3 is 2.70 bits per heavy atom. The summed E-state index contributed by atoms with van der Waals surface area (Å²) in [6.45, 7) is 2.59. The lowest BCUT2D eigenvalue weighted by molar-refractivity contribution is 0.0546. The Labute approximate surface area is 187 Å². The van der Waals surface area contributed by atoms with Gasteiger partial charge in [-0.2, -0.15) is 4.31 Å². The highest BCUT2D eigenvalue weighted by molar-refractivity contribution is 9.10. The molecule has 1 fully saturated rings. The van der Waals surface area contributed by atoms with Crippen LogP contribution in [0.25, 0.3) is 10.9 Å². The fourth-order valence-corrected chi connectivity index (χ4v) is 5.44. The second kappa shape index (κ2) is 8.26. The average molecular weight is 513 g/mol. The Hall–Kier alpha value is -2.01. The average Bonchev–Trinajstić information content (AvgIpc) is 3.17.